The Kier molecular flexibility index (Phi) is 4.80. The molecule has 0 spiro atoms. The van der Waals surface area contributed by atoms with E-state index in [2.05, 4.69) is 15.9 Å². The minimum Gasteiger partial charge on any atom is -0.494 e. The maximum Gasteiger partial charge on any atom is 0.123 e. The van der Waals surface area contributed by atoms with Gasteiger partial charge in [0.05, 0.1) is 6.61 Å². The second-order valence-corrected chi connectivity index (χ2v) is 3.64. The van der Waals surface area contributed by atoms with Crippen LogP contribution in [0.3, 0.4) is 0 Å². The Bertz CT molecular complexity index is 276. The molecule has 14 heavy (non-hydrogen) atoms. The Morgan fingerprint density at radius 3 is 2.71 bits per heavy atom. The van der Waals surface area contributed by atoms with Gasteiger partial charge >= 0.3 is 0 Å². The fourth-order valence-corrected chi connectivity index (χ4v) is 1.20. The topological polar surface area (TPSA) is 18.5 Å². The van der Waals surface area contributed by atoms with Gasteiger partial charge in [-0.2, -0.15) is 0 Å². The van der Waals surface area contributed by atoms with E-state index in [0.717, 1.165) is 16.8 Å². The predicted molar refractivity (Wildman–Crippen MR) is 61.5 cm³/mol. The summed E-state index contributed by atoms with van der Waals surface area (Å²) in [5.74, 6) is 1.70. The van der Waals surface area contributed by atoms with Gasteiger partial charge in [0.2, 0.25) is 0 Å². The van der Waals surface area contributed by atoms with Crippen LogP contribution in [0.15, 0.2) is 24.3 Å². The third-order valence-electron chi connectivity index (χ3n) is 1.67. The lowest BCUT2D eigenvalue weighted by Gasteiger charge is -2.12. The van der Waals surface area contributed by atoms with Crippen LogP contribution in [0.2, 0.25) is 0 Å². The van der Waals surface area contributed by atoms with Crippen LogP contribution in [0, 0.1) is 0 Å². The average molecular weight is 259 g/mol. The van der Waals surface area contributed by atoms with Crippen LogP contribution in [0.25, 0.3) is 0 Å². The molecule has 0 aromatic heterocycles. The van der Waals surface area contributed by atoms with Crippen molar-refractivity contribution in [2.45, 2.75) is 20.0 Å². The Hall–Kier alpha value is -0.700. The van der Waals surface area contributed by atoms with E-state index >= 15 is 0 Å². The summed E-state index contributed by atoms with van der Waals surface area (Å²) in [6.45, 7) is 4.66. The summed E-state index contributed by atoms with van der Waals surface area (Å²) in [4.78, 5) is 0. The minimum absolute atomic E-state index is 0.173. The smallest absolute Gasteiger partial charge is 0.123 e. The summed E-state index contributed by atoms with van der Waals surface area (Å²) in [7, 11) is 0. The van der Waals surface area contributed by atoms with Crippen molar-refractivity contribution in [3.63, 3.8) is 0 Å². The molecule has 1 aromatic rings. The SMILES string of the molecule is CCOc1cccc(OC(C)CBr)c1. The molecule has 0 fully saturated rings. The van der Waals surface area contributed by atoms with Gasteiger partial charge in [-0.25, -0.2) is 0 Å². The third-order valence-corrected chi connectivity index (χ3v) is 2.58. The summed E-state index contributed by atoms with van der Waals surface area (Å²) in [6, 6.07) is 7.70. The van der Waals surface area contributed by atoms with E-state index in [1.807, 2.05) is 38.1 Å². The fourth-order valence-electron chi connectivity index (χ4n) is 1.07. The zero-order valence-electron chi connectivity index (χ0n) is 8.50. The average Bonchev–Trinajstić information content (AvgIpc) is 2.19. The molecule has 2 nitrogen and oxygen atoms in total. The van der Waals surface area contributed by atoms with E-state index in [4.69, 9.17) is 9.47 Å². The van der Waals surface area contributed by atoms with E-state index in [9.17, 15) is 0 Å². The van der Waals surface area contributed by atoms with Gasteiger partial charge in [0, 0.05) is 11.4 Å². The molecule has 0 aliphatic rings. The first kappa shape index (κ1) is 11.4. The number of hydrogen-bond acceptors (Lipinski definition) is 2. The number of hydrogen-bond donors (Lipinski definition) is 0. The van der Waals surface area contributed by atoms with Crippen molar-refractivity contribution in [1.82, 2.24) is 0 Å². The standard InChI is InChI=1S/C11H15BrO2/c1-3-13-10-5-4-6-11(7-10)14-9(2)8-12/h4-7,9H,3,8H2,1-2H3. The van der Waals surface area contributed by atoms with Crippen LogP contribution >= 0.6 is 15.9 Å². The number of ether oxygens (including phenoxy) is 2. The van der Waals surface area contributed by atoms with Crippen LogP contribution in [-0.4, -0.2) is 18.0 Å². The highest BCUT2D eigenvalue weighted by Gasteiger charge is 2.02. The van der Waals surface area contributed by atoms with Gasteiger partial charge in [0.15, 0.2) is 0 Å². The van der Waals surface area contributed by atoms with Gasteiger partial charge < -0.3 is 9.47 Å². The van der Waals surface area contributed by atoms with Crippen molar-refractivity contribution in [3.05, 3.63) is 24.3 Å². The van der Waals surface area contributed by atoms with E-state index in [1.165, 1.54) is 0 Å². The molecule has 78 valence electrons. The van der Waals surface area contributed by atoms with E-state index in [0.29, 0.717) is 6.61 Å². The zero-order chi connectivity index (χ0) is 10.4. The largest absolute Gasteiger partial charge is 0.494 e. The molecule has 1 unspecified atom stereocenters. The normalized spacial score (nSPS) is 12.2. The Balaban J connectivity index is 2.63. The molecule has 0 saturated carbocycles. The van der Waals surface area contributed by atoms with E-state index in [-0.39, 0.29) is 6.10 Å². The first-order valence-corrected chi connectivity index (χ1v) is 5.84. The molecule has 1 atom stereocenters. The third kappa shape index (κ3) is 3.58. The van der Waals surface area contributed by atoms with Crippen molar-refractivity contribution in [2.24, 2.45) is 0 Å². The predicted octanol–water partition coefficient (Wildman–Crippen LogP) is 3.25. The first-order chi connectivity index (χ1) is 6.76. The second-order valence-electron chi connectivity index (χ2n) is 2.99. The van der Waals surface area contributed by atoms with Crippen molar-refractivity contribution >= 4 is 15.9 Å². The minimum atomic E-state index is 0.173. The van der Waals surface area contributed by atoms with Gasteiger partial charge in [0.1, 0.15) is 17.6 Å². The summed E-state index contributed by atoms with van der Waals surface area (Å²) in [5.41, 5.74) is 0. The van der Waals surface area contributed by atoms with Gasteiger partial charge in [-0.3, -0.25) is 0 Å². The highest BCUT2D eigenvalue weighted by Crippen LogP contribution is 2.20. The highest BCUT2D eigenvalue weighted by atomic mass is 79.9. The number of halogens is 1. The van der Waals surface area contributed by atoms with E-state index < -0.39 is 0 Å². The molecule has 0 bridgehead atoms. The van der Waals surface area contributed by atoms with Gasteiger partial charge in [-0.15, -0.1) is 0 Å². The molecule has 3 heteroatoms. The Morgan fingerprint density at radius 1 is 1.36 bits per heavy atom. The fraction of sp³-hybridized carbons (Fsp3) is 0.455. The lowest BCUT2D eigenvalue weighted by molar-refractivity contribution is 0.246. The molecule has 0 saturated heterocycles. The van der Waals surface area contributed by atoms with E-state index in [1.54, 1.807) is 0 Å². The number of rotatable bonds is 5. The Labute approximate surface area is 93.4 Å². The van der Waals surface area contributed by atoms with Crippen LogP contribution in [0.4, 0.5) is 0 Å². The monoisotopic (exact) mass is 258 g/mol. The molecule has 1 aromatic carbocycles. The number of alkyl halides is 1. The van der Waals surface area contributed by atoms with Gasteiger partial charge in [-0.05, 0) is 26.0 Å². The molecule has 0 N–H and O–H groups in total. The summed E-state index contributed by atoms with van der Waals surface area (Å²) >= 11 is 3.37. The summed E-state index contributed by atoms with van der Waals surface area (Å²) < 4.78 is 11.0. The van der Waals surface area contributed by atoms with Crippen molar-refractivity contribution in [1.29, 1.82) is 0 Å². The quantitative estimate of drug-likeness (QED) is 0.756. The van der Waals surface area contributed by atoms with Crippen LogP contribution in [0.5, 0.6) is 11.5 Å². The maximum absolute atomic E-state index is 5.62. The summed E-state index contributed by atoms with van der Waals surface area (Å²) in [6.07, 6.45) is 0.173. The highest BCUT2D eigenvalue weighted by molar-refractivity contribution is 9.09. The molecule has 0 radical (unpaired) electrons. The molecule has 0 aliphatic carbocycles. The molecule has 0 amide bonds. The molecule has 0 heterocycles. The lowest BCUT2D eigenvalue weighted by atomic mass is 10.3. The first-order valence-electron chi connectivity index (χ1n) is 4.71. The molecular formula is C11H15BrO2. The van der Waals surface area contributed by atoms with Crippen LogP contribution in [0.1, 0.15) is 13.8 Å². The maximum atomic E-state index is 5.62. The molecule has 0 aliphatic heterocycles. The van der Waals surface area contributed by atoms with Crippen molar-refractivity contribution in [2.75, 3.05) is 11.9 Å². The van der Waals surface area contributed by atoms with Crippen LogP contribution < -0.4 is 9.47 Å². The van der Waals surface area contributed by atoms with Crippen molar-refractivity contribution < 1.29 is 9.47 Å². The van der Waals surface area contributed by atoms with Crippen molar-refractivity contribution in [3.8, 4) is 11.5 Å². The molecular weight excluding hydrogens is 244 g/mol. The number of benzene rings is 1. The lowest BCUT2D eigenvalue weighted by Crippen LogP contribution is -2.12. The van der Waals surface area contributed by atoms with Gasteiger partial charge in [-0.1, -0.05) is 22.0 Å². The second kappa shape index (κ2) is 5.91. The summed E-state index contributed by atoms with van der Waals surface area (Å²) in [5, 5.41) is 0.825. The van der Waals surface area contributed by atoms with Crippen LogP contribution in [-0.2, 0) is 0 Å². The Morgan fingerprint density at radius 2 is 2.07 bits per heavy atom. The van der Waals surface area contributed by atoms with Gasteiger partial charge in [0.25, 0.3) is 0 Å². The zero-order valence-corrected chi connectivity index (χ0v) is 10.1. The molecule has 1 rings (SSSR count).